The van der Waals surface area contributed by atoms with E-state index in [1.165, 1.54) is 3.97 Å². The molecule has 6 nitrogen and oxygen atoms in total. The molecule has 208 valence electrons. The van der Waals surface area contributed by atoms with Gasteiger partial charge in [-0.05, 0) is 62.1 Å². The van der Waals surface area contributed by atoms with Gasteiger partial charge in [-0.3, -0.25) is 0 Å². The van der Waals surface area contributed by atoms with E-state index >= 15 is 0 Å². The number of aliphatic hydroxyl groups is 1. The van der Waals surface area contributed by atoms with Crippen molar-refractivity contribution in [2.75, 3.05) is 6.61 Å². The van der Waals surface area contributed by atoms with E-state index in [1.54, 1.807) is 42.6 Å². The van der Waals surface area contributed by atoms with Gasteiger partial charge in [-0.15, -0.1) is 0 Å². The van der Waals surface area contributed by atoms with Gasteiger partial charge < -0.3 is 14.6 Å². The maximum Gasteiger partial charge on any atom is 0.268 e. The van der Waals surface area contributed by atoms with Crippen LogP contribution in [0.1, 0.15) is 64.5 Å². The smallest absolute Gasteiger partial charge is 0.268 e. The molecule has 1 saturated heterocycles. The molecule has 3 aromatic rings. The van der Waals surface area contributed by atoms with E-state index in [1.807, 2.05) is 25.1 Å². The summed E-state index contributed by atoms with van der Waals surface area (Å²) >= 11 is 0. The molecular formula is C32H39NO5S. The highest BCUT2D eigenvalue weighted by molar-refractivity contribution is 7.90. The number of nitrogens with zero attached hydrogens (tertiary/aromatic N) is 1. The van der Waals surface area contributed by atoms with E-state index in [2.05, 4.69) is 20.4 Å². The number of benzene rings is 2. The van der Waals surface area contributed by atoms with Crippen molar-refractivity contribution in [3.63, 3.8) is 0 Å². The van der Waals surface area contributed by atoms with Gasteiger partial charge in [0.15, 0.2) is 6.29 Å². The quantitative estimate of drug-likeness (QED) is 0.358. The fourth-order valence-corrected chi connectivity index (χ4v) is 9.65. The number of ether oxygens (including phenoxy) is 2. The lowest BCUT2D eigenvalue weighted by atomic mass is 9.41. The molecule has 3 fully saturated rings. The molecule has 1 N–H and O–H groups in total. The topological polar surface area (TPSA) is 77.8 Å². The van der Waals surface area contributed by atoms with Crippen molar-refractivity contribution in [3.05, 3.63) is 78.5 Å². The zero-order valence-corrected chi connectivity index (χ0v) is 23.9. The van der Waals surface area contributed by atoms with E-state index in [-0.39, 0.29) is 34.0 Å². The minimum absolute atomic E-state index is 0.0478. The molecule has 0 bridgehead atoms. The van der Waals surface area contributed by atoms with Crippen molar-refractivity contribution in [3.8, 4) is 0 Å². The van der Waals surface area contributed by atoms with Gasteiger partial charge >= 0.3 is 0 Å². The van der Waals surface area contributed by atoms with Crippen LogP contribution in [-0.2, 0) is 19.5 Å². The Morgan fingerprint density at radius 3 is 2.62 bits per heavy atom. The first-order valence-electron chi connectivity index (χ1n) is 14.2. The highest BCUT2D eigenvalue weighted by Gasteiger charge is 2.68. The number of aromatic nitrogens is 1. The molecule has 39 heavy (non-hydrogen) atoms. The molecule has 6 rings (SSSR count). The van der Waals surface area contributed by atoms with Gasteiger partial charge in [0.2, 0.25) is 0 Å². The van der Waals surface area contributed by atoms with E-state index in [0.29, 0.717) is 30.0 Å². The maximum absolute atomic E-state index is 13.8. The molecule has 7 atom stereocenters. The van der Waals surface area contributed by atoms with Crippen LogP contribution in [0.5, 0.6) is 0 Å². The van der Waals surface area contributed by atoms with Crippen molar-refractivity contribution >= 4 is 20.9 Å². The van der Waals surface area contributed by atoms with Gasteiger partial charge in [-0.2, -0.15) is 0 Å². The predicted octanol–water partition coefficient (Wildman–Crippen LogP) is 6.45. The summed E-state index contributed by atoms with van der Waals surface area (Å²) in [6.45, 7) is 11.8. The van der Waals surface area contributed by atoms with E-state index in [0.717, 1.165) is 36.6 Å². The molecule has 2 aliphatic carbocycles. The van der Waals surface area contributed by atoms with Gasteiger partial charge in [-0.1, -0.05) is 62.4 Å². The summed E-state index contributed by atoms with van der Waals surface area (Å²) in [6, 6.07) is 15.9. The first kappa shape index (κ1) is 26.8. The molecule has 1 unspecified atom stereocenters. The average Bonchev–Trinajstić information content (AvgIpc) is 3.50. The largest absolute Gasteiger partial charge is 0.388 e. The first-order valence-corrected chi connectivity index (χ1v) is 15.6. The van der Waals surface area contributed by atoms with Crippen LogP contribution in [0, 0.1) is 22.7 Å². The summed E-state index contributed by atoms with van der Waals surface area (Å²) in [6.07, 6.45) is 4.85. The van der Waals surface area contributed by atoms with Crippen molar-refractivity contribution in [1.82, 2.24) is 3.97 Å². The molecular weight excluding hydrogens is 510 g/mol. The summed E-state index contributed by atoms with van der Waals surface area (Å²) in [5.41, 5.74) is 1.76. The number of hydrogen-bond donors (Lipinski definition) is 1. The molecule has 1 aromatic heterocycles. The molecule has 0 amide bonds. The third kappa shape index (κ3) is 3.80. The van der Waals surface area contributed by atoms with Crippen LogP contribution < -0.4 is 0 Å². The molecule has 1 spiro atoms. The highest BCUT2D eigenvalue weighted by atomic mass is 32.2. The number of fused-ring (bicyclic) bond motifs is 1. The zero-order valence-electron chi connectivity index (χ0n) is 23.0. The summed E-state index contributed by atoms with van der Waals surface area (Å²) < 4.78 is 41.5. The Bertz CT molecular complexity index is 1500. The fourth-order valence-electron chi connectivity index (χ4n) is 8.25. The van der Waals surface area contributed by atoms with Crippen LogP contribution in [0.4, 0.5) is 0 Å². The Labute approximate surface area is 231 Å². The van der Waals surface area contributed by atoms with Gasteiger partial charge in [0.25, 0.3) is 10.0 Å². The molecule has 2 saturated carbocycles. The van der Waals surface area contributed by atoms with Crippen LogP contribution in [0.3, 0.4) is 0 Å². The second-order valence-corrected chi connectivity index (χ2v) is 13.8. The Balaban J connectivity index is 1.52. The lowest BCUT2D eigenvalue weighted by Gasteiger charge is -2.63. The standard InChI is InChI=1S/C32H39NO5S/c1-5-37-28-19-32-27(38-28)16-15-22(3)31(32,4)18-17-21(2)29(32)30(34)25-20-33(26-14-10-9-13-24(25)26)39(35,36)23-11-7-6-8-12-23/h6-14,20,22,27-30,34H,2,5,15-19H2,1,3-4H3/t22-,27+,28-,29+,30?,31+,32+/m1/s1. The minimum Gasteiger partial charge on any atom is -0.388 e. The molecule has 0 radical (unpaired) electrons. The zero-order chi connectivity index (χ0) is 27.6. The predicted molar refractivity (Wildman–Crippen MR) is 152 cm³/mol. The van der Waals surface area contributed by atoms with E-state index in [9.17, 15) is 13.5 Å². The van der Waals surface area contributed by atoms with Crippen LogP contribution in [0.25, 0.3) is 10.9 Å². The third-order valence-corrected chi connectivity index (χ3v) is 12.1. The summed E-state index contributed by atoms with van der Waals surface area (Å²) in [5, 5.41) is 13.1. The fraction of sp³-hybridized carbons (Fsp3) is 0.500. The van der Waals surface area contributed by atoms with Crippen molar-refractivity contribution in [1.29, 1.82) is 0 Å². The van der Waals surface area contributed by atoms with Crippen LogP contribution in [0.15, 0.2) is 77.8 Å². The number of rotatable bonds is 6. The Kier molecular flexibility index (Phi) is 6.57. The maximum atomic E-state index is 13.8. The number of aliphatic hydroxyl groups excluding tert-OH is 1. The van der Waals surface area contributed by atoms with E-state index in [4.69, 9.17) is 9.47 Å². The lowest BCUT2D eigenvalue weighted by molar-refractivity contribution is -0.180. The third-order valence-electron chi connectivity index (χ3n) is 10.4. The van der Waals surface area contributed by atoms with Crippen molar-refractivity contribution in [2.24, 2.45) is 22.7 Å². The number of para-hydroxylation sites is 1. The summed E-state index contributed by atoms with van der Waals surface area (Å²) in [4.78, 5) is 0.213. The molecule has 2 aromatic carbocycles. The Hall–Kier alpha value is -2.45. The van der Waals surface area contributed by atoms with Gasteiger partial charge in [0, 0.05) is 41.5 Å². The van der Waals surface area contributed by atoms with Gasteiger partial charge in [0.1, 0.15) is 0 Å². The lowest BCUT2D eigenvalue weighted by Crippen LogP contribution is -2.60. The molecule has 3 aliphatic rings. The van der Waals surface area contributed by atoms with Crippen LogP contribution in [0.2, 0.25) is 0 Å². The minimum atomic E-state index is -3.86. The second kappa shape index (κ2) is 9.58. The Morgan fingerprint density at radius 1 is 1.15 bits per heavy atom. The van der Waals surface area contributed by atoms with Crippen molar-refractivity contribution < 1.29 is 23.0 Å². The summed E-state index contributed by atoms with van der Waals surface area (Å²) in [7, 11) is -3.86. The molecule has 2 heterocycles. The normalized spacial score (nSPS) is 33.6. The Morgan fingerprint density at radius 2 is 1.87 bits per heavy atom. The first-order chi connectivity index (χ1) is 18.6. The second-order valence-electron chi connectivity index (χ2n) is 11.9. The summed E-state index contributed by atoms with van der Waals surface area (Å²) in [5.74, 6) is 0.175. The monoisotopic (exact) mass is 549 g/mol. The highest BCUT2D eigenvalue weighted by Crippen LogP contribution is 2.71. The number of hydrogen-bond acceptors (Lipinski definition) is 5. The van der Waals surface area contributed by atoms with Crippen LogP contribution in [-0.4, -0.2) is 36.5 Å². The molecule has 7 heteroatoms. The SMILES string of the molecule is C=C1CC[C@@]2(C)[C@H](C)CC[C@@H]3O[C@@H](OCC)C[C@@]32[C@@H]1C(O)c1cn(S(=O)(=O)c2ccccc2)c2ccccc12. The van der Waals surface area contributed by atoms with Crippen LogP contribution >= 0.6 is 0 Å². The van der Waals surface area contributed by atoms with Gasteiger partial charge in [-0.25, -0.2) is 12.4 Å². The van der Waals surface area contributed by atoms with Crippen molar-refractivity contribution in [2.45, 2.75) is 76.3 Å². The van der Waals surface area contributed by atoms with E-state index < -0.39 is 16.1 Å². The van der Waals surface area contributed by atoms with Gasteiger partial charge in [0.05, 0.1) is 22.6 Å². The molecule has 1 aliphatic heterocycles. The average molecular weight is 550 g/mol.